The van der Waals surface area contributed by atoms with Crippen LogP contribution in [0.3, 0.4) is 0 Å². The van der Waals surface area contributed by atoms with Crippen LogP contribution in [0.1, 0.15) is 29.3 Å². The zero-order chi connectivity index (χ0) is 31.8. The van der Waals surface area contributed by atoms with E-state index in [2.05, 4.69) is 31.2 Å². The van der Waals surface area contributed by atoms with Gasteiger partial charge in [-0.15, -0.1) is 0 Å². The number of rotatable bonds is 13. The van der Waals surface area contributed by atoms with Gasteiger partial charge < -0.3 is 37.5 Å². The summed E-state index contributed by atoms with van der Waals surface area (Å²) < 4.78 is 35.6. The number of aryl methyl sites for hydroxylation is 1. The maximum absolute atomic E-state index is 14.8. The van der Waals surface area contributed by atoms with Crippen LogP contribution in [0.5, 0.6) is 5.75 Å². The lowest BCUT2D eigenvalue weighted by molar-refractivity contribution is -0.122. The van der Waals surface area contributed by atoms with Gasteiger partial charge in [0.1, 0.15) is 6.04 Å². The van der Waals surface area contributed by atoms with Crippen molar-refractivity contribution in [3.05, 3.63) is 71.7 Å². The minimum Gasteiger partial charge on any atom is -0.494 e. The largest absolute Gasteiger partial charge is 0.494 e. The Morgan fingerprint density at radius 1 is 1.09 bits per heavy atom. The molecule has 15 heteroatoms. The molecule has 2 heterocycles. The lowest BCUT2D eigenvalue weighted by Crippen LogP contribution is -2.49. The first-order valence-electron chi connectivity index (χ1n) is 13.8. The SMILES string of the molecule is CCc1cc(Nc2nccn3c(-c4ccc(OC)c(F)c4F)cnc23)ccc1C(=O)NCCCNC(=O)[C@@H](N)CNC(=N)N. The maximum Gasteiger partial charge on any atom is 0.251 e. The van der Waals surface area contributed by atoms with Crippen molar-refractivity contribution in [2.75, 3.05) is 32.1 Å². The first-order valence-corrected chi connectivity index (χ1v) is 13.8. The molecular formula is C29H34F2N10O3. The number of carbonyl (C=O) groups is 2. The molecule has 0 aliphatic rings. The summed E-state index contributed by atoms with van der Waals surface area (Å²) in [5.41, 5.74) is 13.6. The number of benzene rings is 2. The van der Waals surface area contributed by atoms with Crippen LogP contribution in [0.2, 0.25) is 0 Å². The minimum atomic E-state index is -1.09. The van der Waals surface area contributed by atoms with Crippen LogP contribution in [0, 0.1) is 17.0 Å². The van der Waals surface area contributed by atoms with Crippen LogP contribution >= 0.6 is 0 Å². The summed E-state index contributed by atoms with van der Waals surface area (Å²) in [7, 11) is 1.26. The van der Waals surface area contributed by atoms with Gasteiger partial charge in [0, 0.05) is 48.8 Å². The molecule has 1 atom stereocenters. The van der Waals surface area contributed by atoms with Crippen LogP contribution in [-0.2, 0) is 11.2 Å². The van der Waals surface area contributed by atoms with Crippen molar-refractivity contribution in [1.29, 1.82) is 5.41 Å². The van der Waals surface area contributed by atoms with E-state index < -0.39 is 17.7 Å². The fourth-order valence-electron chi connectivity index (χ4n) is 4.46. The van der Waals surface area contributed by atoms with E-state index in [0.717, 1.165) is 5.56 Å². The van der Waals surface area contributed by atoms with Crippen molar-refractivity contribution < 1.29 is 23.1 Å². The number of hydrogen-bond acceptors (Lipinski definition) is 8. The molecule has 2 aromatic carbocycles. The van der Waals surface area contributed by atoms with Crippen LogP contribution in [0.25, 0.3) is 16.9 Å². The third-order valence-corrected chi connectivity index (χ3v) is 6.75. The van der Waals surface area contributed by atoms with E-state index in [1.54, 1.807) is 22.7 Å². The molecule has 0 bridgehead atoms. The summed E-state index contributed by atoms with van der Waals surface area (Å²) in [6.07, 6.45) is 5.61. The minimum absolute atomic E-state index is 0.0181. The van der Waals surface area contributed by atoms with E-state index in [4.69, 9.17) is 21.6 Å². The highest BCUT2D eigenvalue weighted by Crippen LogP contribution is 2.31. The quantitative estimate of drug-likeness (QED) is 0.0675. The Bertz CT molecular complexity index is 1680. The Morgan fingerprint density at radius 2 is 1.86 bits per heavy atom. The van der Waals surface area contributed by atoms with E-state index in [1.807, 2.05) is 13.0 Å². The first-order chi connectivity index (χ1) is 21.1. The van der Waals surface area contributed by atoms with Crippen LogP contribution in [0.15, 0.2) is 48.9 Å². The molecule has 0 spiro atoms. The normalized spacial score (nSPS) is 11.6. The summed E-state index contributed by atoms with van der Waals surface area (Å²) in [4.78, 5) is 33.6. The number of imidazole rings is 1. The number of amides is 2. The van der Waals surface area contributed by atoms with Gasteiger partial charge in [-0.2, -0.15) is 4.39 Å². The van der Waals surface area contributed by atoms with Gasteiger partial charge in [0.05, 0.1) is 19.0 Å². The smallest absolute Gasteiger partial charge is 0.251 e. The van der Waals surface area contributed by atoms with Gasteiger partial charge in [-0.25, -0.2) is 14.4 Å². The van der Waals surface area contributed by atoms with Crippen LogP contribution in [0.4, 0.5) is 20.3 Å². The summed E-state index contributed by atoms with van der Waals surface area (Å²) in [5, 5.41) is 18.3. The highest BCUT2D eigenvalue weighted by molar-refractivity contribution is 5.96. The second-order valence-corrected chi connectivity index (χ2v) is 9.71. The van der Waals surface area contributed by atoms with Crippen molar-refractivity contribution in [2.45, 2.75) is 25.8 Å². The van der Waals surface area contributed by atoms with Crippen molar-refractivity contribution in [3.63, 3.8) is 0 Å². The predicted octanol–water partition coefficient (Wildman–Crippen LogP) is 2.04. The number of ether oxygens (including phenoxy) is 1. The number of guanidine groups is 1. The van der Waals surface area contributed by atoms with E-state index in [0.29, 0.717) is 54.3 Å². The van der Waals surface area contributed by atoms with Gasteiger partial charge in [0.2, 0.25) is 11.7 Å². The van der Waals surface area contributed by atoms with Crippen molar-refractivity contribution in [2.24, 2.45) is 11.5 Å². The number of nitrogens with zero attached hydrogens (tertiary/aromatic N) is 3. The lowest BCUT2D eigenvalue weighted by Gasteiger charge is -2.14. The standard InChI is InChI=1S/C29H34F2N10O3/c1-3-16-13-17(5-6-18(16)27(42)36-9-4-10-37-28(43)20(32)14-39-29(33)34)40-25-26-38-15-21(41(26)12-11-35-25)19-7-8-22(44-2)24(31)23(19)30/h5-8,11-13,15,20H,3-4,9-10,14,32H2,1-2H3,(H,35,40)(H,36,42)(H,37,43)(H4,33,34,39)/t20-/m0/s1. The molecule has 0 aliphatic heterocycles. The lowest BCUT2D eigenvalue weighted by atomic mass is 10.0. The number of anilines is 2. The zero-order valence-corrected chi connectivity index (χ0v) is 24.2. The molecule has 0 unspecified atom stereocenters. The number of nitrogens with two attached hydrogens (primary N) is 2. The van der Waals surface area contributed by atoms with Gasteiger partial charge in [-0.05, 0) is 48.7 Å². The first kappa shape index (κ1) is 31.6. The molecule has 2 amide bonds. The number of hydrogen-bond donors (Lipinski definition) is 7. The molecule has 9 N–H and O–H groups in total. The molecule has 13 nitrogen and oxygen atoms in total. The third kappa shape index (κ3) is 7.18. The van der Waals surface area contributed by atoms with Gasteiger partial charge in [0.25, 0.3) is 5.91 Å². The highest BCUT2D eigenvalue weighted by Gasteiger charge is 2.20. The Morgan fingerprint density at radius 3 is 2.59 bits per heavy atom. The number of methoxy groups -OCH3 is 1. The summed E-state index contributed by atoms with van der Waals surface area (Å²) in [6, 6.07) is 7.19. The number of nitrogens with one attached hydrogen (secondary N) is 5. The fourth-order valence-corrected chi connectivity index (χ4v) is 4.46. The van der Waals surface area contributed by atoms with E-state index >= 15 is 0 Å². The fraction of sp³-hybridized carbons (Fsp3) is 0.276. The molecule has 4 aromatic rings. The second kappa shape index (κ2) is 14.2. The maximum atomic E-state index is 14.8. The molecule has 0 fully saturated rings. The average Bonchev–Trinajstić information content (AvgIpc) is 3.45. The third-order valence-electron chi connectivity index (χ3n) is 6.75. The molecule has 0 saturated carbocycles. The second-order valence-electron chi connectivity index (χ2n) is 9.71. The Labute approximate surface area is 251 Å². The van der Waals surface area contributed by atoms with Crippen LogP contribution < -0.4 is 37.5 Å². The van der Waals surface area contributed by atoms with E-state index in [1.165, 1.54) is 31.6 Å². The molecule has 4 rings (SSSR count). The Hall–Kier alpha value is -5.31. The summed E-state index contributed by atoms with van der Waals surface area (Å²) in [6.45, 7) is 2.61. The van der Waals surface area contributed by atoms with E-state index in [-0.39, 0.29) is 35.6 Å². The Kier molecular flexibility index (Phi) is 10.2. The number of halogens is 2. The average molecular weight is 609 g/mol. The predicted molar refractivity (Wildman–Crippen MR) is 162 cm³/mol. The molecule has 232 valence electrons. The number of carbonyl (C=O) groups excluding carboxylic acids is 2. The van der Waals surface area contributed by atoms with E-state index in [9.17, 15) is 18.4 Å². The Balaban J connectivity index is 1.40. The van der Waals surface area contributed by atoms with Crippen LogP contribution in [-0.4, -0.2) is 64.9 Å². The topological polar surface area (TPSA) is 198 Å². The van der Waals surface area contributed by atoms with Crippen molar-refractivity contribution in [3.8, 4) is 17.0 Å². The summed E-state index contributed by atoms with van der Waals surface area (Å²) in [5.74, 6) is -2.87. The van der Waals surface area contributed by atoms with Gasteiger partial charge >= 0.3 is 0 Å². The van der Waals surface area contributed by atoms with Crippen molar-refractivity contribution >= 4 is 34.9 Å². The van der Waals surface area contributed by atoms with Crippen molar-refractivity contribution in [1.82, 2.24) is 30.3 Å². The molecule has 2 aromatic heterocycles. The molecular weight excluding hydrogens is 574 g/mol. The summed E-state index contributed by atoms with van der Waals surface area (Å²) >= 11 is 0. The monoisotopic (exact) mass is 608 g/mol. The number of aromatic nitrogens is 3. The highest BCUT2D eigenvalue weighted by atomic mass is 19.2. The molecule has 0 saturated heterocycles. The van der Waals surface area contributed by atoms with Gasteiger partial charge in [-0.1, -0.05) is 6.92 Å². The molecule has 44 heavy (non-hydrogen) atoms. The van der Waals surface area contributed by atoms with Gasteiger partial charge in [0.15, 0.2) is 29.0 Å². The molecule has 0 radical (unpaired) electrons. The number of fused-ring (bicyclic) bond motifs is 1. The zero-order valence-electron chi connectivity index (χ0n) is 24.2. The molecule has 0 aliphatic carbocycles. The van der Waals surface area contributed by atoms with Gasteiger partial charge in [-0.3, -0.25) is 19.4 Å².